The predicted molar refractivity (Wildman–Crippen MR) is 84.7 cm³/mol. The van der Waals surface area contributed by atoms with Gasteiger partial charge in [0.05, 0.1) is 11.6 Å². The van der Waals surface area contributed by atoms with E-state index in [1.165, 1.54) is 34.2 Å². The van der Waals surface area contributed by atoms with Gasteiger partial charge in [0.25, 0.3) is 0 Å². The highest BCUT2D eigenvalue weighted by Crippen LogP contribution is 2.39. The molecule has 1 aliphatic rings. The Hall–Kier alpha value is -1.95. The minimum absolute atomic E-state index is 0.747. The predicted octanol–water partition coefficient (Wildman–Crippen LogP) is 3.01. The van der Waals surface area contributed by atoms with Gasteiger partial charge in [-0.05, 0) is 31.7 Å². The summed E-state index contributed by atoms with van der Waals surface area (Å²) in [5.41, 5.74) is 2.64. The first-order valence-corrected chi connectivity index (χ1v) is 8.17. The summed E-state index contributed by atoms with van der Waals surface area (Å²) in [6.45, 7) is 3.74. The lowest BCUT2D eigenvalue weighted by atomic mass is 10.2. The maximum absolute atomic E-state index is 4.46. The van der Waals surface area contributed by atoms with Gasteiger partial charge in [-0.15, -0.1) is 11.3 Å². The van der Waals surface area contributed by atoms with E-state index < -0.39 is 0 Å². The molecule has 5 nitrogen and oxygen atoms in total. The van der Waals surface area contributed by atoms with Crippen LogP contribution in [0.2, 0.25) is 0 Å². The van der Waals surface area contributed by atoms with Crippen LogP contribution in [0.3, 0.4) is 0 Å². The van der Waals surface area contributed by atoms with Crippen LogP contribution in [0.4, 0.5) is 5.82 Å². The molecule has 0 aliphatic heterocycles. The fourth-order valence-corrected chi connectivity index (χ4v) is 4.15. The number of fused-ring (bicyclic) bond motifs is 3. The summed E-state index contributed by atoms with van der Waals surface area (Å²) < 4.78 is 1.94. The quantitative estimate of drug-likeness (QED) is 0.804. The first-order valence-electron chi connectivity index (χ1n) is 7.35. The largest absolute Gasteiger partial charge is 0.365 e. The smallest absolute Gasteiger partial charge is 0.138 e. The van der Waals surface area contributed by atoms with Crippen LogP contribution < -0.4 is 5.32 Å². The Morgan fingerprint density at radius 1 is 1.33 bits per heavy atom. The molecule has 4 rings (SSSR count). The van der Waals surface area contributed by atoms with E-state index in [2.05, 4.69) is 33.5 Å². The number of anilines is 1. The average Bonchev–Trinajstić information content (AvgIpc) is 3.19. The Morgan fingerprint density at radius 2 is 2.29 bits per heavy atom. The first kappa shape index (κ1) is 12.8. The minimum Gasteiger partial charge on any atom is -0.365 e. The number of nitrogens with one attached hydrogen (secondary N) is 1. The molecule has 3 aromatic rings. The van der Waals surface area contributed by atoms with E-state index in [0.717, 1.165) is 30.2 Å². The second-order valence-electron chi connectivity index (χ2n) is 5.32. The average molecular weight is 299 g/mol. The van der Waals surface area contributed by atoms with Crippen molar-refractivity contribution in [3.8, 4) is 0 Å². The van der Waals surface area contributed by atoms with Gasteiger partial charge in [-0.2, -0.15) is 5.10 Å². The number of aromatic nitrogens is 4. The second kappa shape index (κ2) is 5.11. The van der Waals surface area contributed by atoms with Crippen molar-refractivity contribution in [2.24, 2.45) is 0 Å². The van der Waals surface area contributed by atoms with E-state index >= 15 is 0 Å². The van der Waals surface area contributed by atoms with Crippen LogP contribution in [0.5, 0.6) is 0 Å². The van der Waals surface area contributed by atoms with Crippen molar-refractivity contribution in [3.05, 3.63) is 34.7 Å². The van der Waals surface area contributed by atoms with Gasteiger partial charge in [0.1, 0.15) is 17.0 Å². The summed E-state index contributed by atoms with van der Waals surface area (Å²) in [5.74, 6) is 0.962. The van der Waals surface area contributed by atoms with E-state index in [0.29, 0.717) is 0 Å². The van der Waals surface area contributed by atoms with Gasteiger partial charge in [-0.3, -0.25) is 4.68 Å². The molecule has 6 heteroatoms. The maximum atomic E-state index is 4.46. The van der Waals surface area contributed by atoms with Crippen LogP contribution in [0, 0.1) is 0 Å². The highest BCUT2D eigenvalue weighted by atomic mass is 32.1. The summed E-state index contributed by atoms with van der Waals surface area (Å²) in [7, 11) is 0. The molecule has 108 valence electrons. The minimum atomic E-state index is 0.747. The van der Waals surface area contributed by atoms with Gasteiger partial charge in [-0.25, -0.2) is 9.97 Å². The molecule has 0 bridgehead atoms. The monoisotopic (exact) mass is 299 g/mol. The fraction of sp³-hybridized carbons (Fsp3) is 0.400. The number of thiophene rings is 1. The molecule has 3 heterocycles. The van der Waals surface area contributed by atoms with Gasteiger partial charge in [0, 0.05) is 29.7 Å². The van der Waals surface area contributed by atoms with Gasteiger partial charge in [0.15, 0.2) is 0 Å². The molecule has 0 saturated carbocycles. The van der Waals surface area contributed by atoms with Gasteiger partial charge in [0.2, 0.25) is 0 Å². The van der Waals surface area contributed by atoms with Crippen LogP contribution in [0.1, 0.15) is 29.3 Å². The number of nitrogens with zero attached hydrogens (tertiary/aromatic N) is 4. The fourth-order valence-electron chi connectivity index (χ4n) is 2.92. The molecule has 0 aromatic carbocycles. The number of hydrogen-bond donors (Lipinski definition) is 1. The molecule has 21 heavy (non-hydrogen) atoms. The van der Waals surface area contributed by atoms with Gasteiger partial charge in [-0.1, -0.05) is 0 Å². The zero-order valence-corrected chi connectivity index (χ0v) is 12.8. The molecular formula is C15H17N5S. The van der Waals surface area contributed by atoms with Crippen LogP contribution in [0.15, 0.2) is 18.7 Å². The third-order valence-electron chi connectivity index (χ3n) is 3.97. The SMILES string of the molecule is CCn1cc(CNc2ncnc3sc4c(c23)CCC4)cn1. The summed E-state index contributed by atoms with van der Waals surface area (Å²) in [4.78, 5) is 11.5. The summed E-state index contributed by atoms with van der Waals surface area (Å²) in [5, 5.41) is 9.00. The molecular weight excluding hydrogens is 282 g/mol. The summed E-state index contributed by atoms with van der Waals surface area (Å²) >= 11 is 1.82. The van der Waals surface area contributed by atoms with Crippen molar-refractivity contribution in [2.75, 3.05) is 5.32 Å². The van der Waals surface area contributed by atoms with Crippen LogP contribution in [0.25, 0.3) is 10.2 Å². The van der Waals surface area contributed by atoms with Gasteiger partial charge < -0.3 is 5.32 Å². The number of rotatable bonds is 4. The molecule has 0 unspecified atom stereocenters. The van der Waals surface area contributed by atoms with E-state index in [4.69, 9.17) is 0 Å². The van der Waals surface area contributed by atoms with Crippen molar-refractivity contribution in [3.63, 3.8) is 0 Å². The lowest BCUT2D eigenvalue weighted by Gasteiger charge is -2.06. The Balaban J connectivity index is 1.64. The molecule has 0 radical (unpaired) electrons. The molecule has 0 fully saturated rings. The zero-order valence-electron chi connectivity index (χ0n) is 12.0. The van der Waals surface area contributed by atoms with E-state index in [1.54, 1.807) is 6.33 Å². The second-order valence-corrected chi connectivity index (χ2v) is 6.40. The number of hydrogen-bond acceptors (Lipinski definition) is 5. The van der Waals surface area contributed by atoms with Crippen LogP contribution in [-0.4, -0.2) is 19.7 Å². The van der Waals surface area contributed by atoms with Crippen LogP contribution >= 0.6 is 11.3 Å². The summed E-state index contributed by atoms with van der Waals surface area (Å²) in [6.07, 6.45) is 9.25. The molecule has 3 aromatic heterocycles. The summed E-state index contributed by atoms with van der Waals surface area (Å²) in [6, 6.07) is 0. The lowest BCUT2D eigenvalue weighted by molar-refractivity contribution is 0.659. The maximum Gasteiger partial charge on any atom is 0.138 e. The van der Waals surface area contributed by atoms with E-state index in [9.17, 15) is 0 Å². The Morgan fingerprint density at radius 3 is 3.14 bits per heavy atom. The first-order chi connectivity index (χ1) is 10.3. The molecule has 1 aliphatic carbocycles. The number of aryl methyl sites for hydroxylation is 3. The van der Waals surface area contributed by atoms with Crippen molar-refractivity contribution in [2.45, 2.75) is 39.3 Å². The Labute approximate surface area is 127 Å². The van der Waals surface area contributed by atoms with Crippen molar-refractivity contribution in [1.29, 1.82) is 0 Å². The third-order valence-corrected chi connectivity index (χ3v) is 5.17. The molecule has 0 atom stereocenters. The van der Waals surface area contributed by atoms with E-state index in [1.807, 2.05) is 22.2 Å². The van der Waals surface area contributed by atoms with E-state index in [-0.39, 0.29) is 0 Å². The normalized spacial score (nSPS) is 13.8. The lowest BCUT2D eigenvalue weighted by Crippen LogP contribution is -2.02. The Kier molecular flexibility index (Phi) is 3.11. The molecule has 1 N–H and O–H groups in total. The molecule has 0 saturated heterocycles. The van der Waals surface area contributed by atoms with Crippen molar-refractivity contribution >= 4 is 27.4 Å². The molecule has 0 amide bonds. The highest BCUT2D eigenvalue weighted by Gasteiger charge is 2.20. The Bertz CT molecular complexity index is 789. The standard InChI is InChI=1S/C15H17N5S/c1-2-20-8-10(7-19-20)6-16-14-13-11-4-3-5-12(11)21-15(13)18-9-17-14/h7-9H,2-6H2,1H3,(H,16,17,18). The zero-order chi connectivity index (χ0) is 14.2. The third kappa shape index (κ3) is 2.19. The molecule has 0 spiro atoms. The van der Waals surface area contributed by atoms with Gasteiger partial charge >= 0.3 is 0 Å². The van der Waals surface area contributed by atoms with Crippen LogP contribution in [-0.2, 0) is 25.9 Å². The highest BCUT2D eigenvalue weighted by molar-refractivity contribution is 7.19. The topological polar surface area (TPSA) is 55.6 Å². The van der Waals surface area contributed by atoms with Crippen molar-refractivity contribution < 1.29 is 0 Å². The van der Waals surface area contributed by atoms with Crippen molar-refractivity contribution in [1.82, 2.24) is 19.7 Å².